The van der Waals surface area contributed by atoms with Crippen LogP contribution in [-0.2, 0) is 24.5 Å². The number of ether oxygens (including phenoxy) is 1. The fourth-order valence-corrected chi connectivity index (χ4v) is 3.33. The van der Waals surface area contributed by atoms with Gasteiger partial charge in [0.15, 0.2) is 5.13 Å². The van der Waals surface area contributed by atoms with Gasteiger partial charge >= 0.3 is 5.97 Å². The van der Waals surface area contributed by atoms with Gasteiger partial charge in [-0.05, 0) is 39.3 Å². The second kappa shape index (κ2) is 6.08. The summed E-state index contributed by atoms with van der Waals surface area (Å²) in [5.41, 5.74) is 0.847. The molecule has 1 aromatic heterocycles. The summed E-state index contributed by atoms with van der Waals surface area (Å²) in [7, 11) is 1.31. The zero-order valence-corrected chi connectivity index (χ0v) is 14.5. The molecule has 23 heavy (non-hydrogen) atoms. The molecule has 0 unspecified atom stereocenters. The number of hydrogen-bond acceptors (Lipinski definition) is 6. The second-order valence-electron chi connectivity index (χ2n) is 5.73. The van der Waals surface area contributed by atoms with Crippen molar-refractivity contribution in [2.45, 2.75) is 33.1 Å². The molecule has 0 N–H and O–H groups in total. The molecule has 0 aromatic carbocycles. The van der Waals surface area contributed by atoms with Gasteiger partial charge < -0.3 is 4.74 Å². The molecule has 0 saturated carbocycles. The molecule has 0 aliphatic heterocycles. The number of methoxy groups -OCH3 is 1. The standard InChI is InChI=1S/C16H18N2O4S/c1-9-6-7-11(9)13(20)18(8-19)15-17-12(10(2)23-15)16(3,4)14(21)22-5/h6-8H,1-5H3. The maximum atomic E-state index is 12.4. The first-order valence-corrected chi connectivity index (χ1v) is 7.79. The van der Waals surface area contributed by atoms with Crippen LogP contribution in [0.15, 0.2) is 23.3 Å². The van der Waals surface area contributed by atoms with Gasteiger partial charge in [-0.1, -0.05) is 6.08 Å². The molecule has 6 nitrogen and oxygen atoms in total. The van der Waals surface area contributed by atoms with Crippen LogP contribution >= 0.6 is 11.3 Å². The molecule has 1 aliphatic rings. The number of imide groups is 1. The summed E-state index contributed by atoms with van der Waals surface area (Å²) in [6.45, 7) is 6.98. The lowest BCUT2D eigenvalue weighted by Crippen LogP contribution is -2.33. The van der Waals surface area contributed by atoms with Gasteiger partial charge in [0.2, 0.25) is 6.41 Å². The van der Waals surface area contributed by atoms with Crippen LogP contribution in [0.3, 0.4) is 0 Å². The SMILES string of the molecule is COC(=O)C(C)(C)c1nc(N(C=O)C(=O)C2=C(C)C=C2)sc1C. The van der Waals surface area contributed by atoms with Gasteiger partial charge in [0.25, 0.3) is 5.91 Å². The molecule has 2 rings (SSSR count). The minimum Gasteiger partial charge on any atom is -0.468 e. The summed E-state index contributed by atoms with van der Waals surface area (Å²) in [5, 5.41) is 0.245. The van der Waals surface area contributed by atoms with Crippen LogP contribution < -0.4 is 4.90 Å². The quantitative estimate of drug-likeness (QED) is 0.610. The fourth-order valence-electron chi connectivity index (χ4n) is 2.30. The van der Waals surface area contributed by atoms with Crippen molar-refractivity contribution in [2.24, 2.45) is 0 Å². The van der Waals surface area contributed by atoms with Crippen LogP contribution in [0, 0.1) is 6.92 Å². The maximum Gasteiger partial charge on any atom is 0.317 e. The van der Waals surface area contributed by atoms with E-state index in [2.05, 4.69) is 4.98 Å². The number of hydrogen-bond donors (Lipinski definition) is 0. The molecule has 0 bridgehead atoms. The molecule has 122 valence electrons. The molecule has 0 fully saturated rings. The van der Waals surface area contributed by atoms with Crippen LogP contribution in [0.25, 0.3) is 0 Å². The third-order valence-electron chi connectivity index (χ3n) is 3.76. The van der Waals surface area contributed by atoms with Crippen molar-refractivity contribution >= 4 is 34.8 Å². The molecular weight excluding hydrogens is 316 g/mol. The molecule has 1 aromatic rings. The van der Waals surface area contributed by atoms with Crippen molar-refractivity contribution in [2.75, 3.05) is 12.0 Å². The zero-order chi connectivity index (χ0) is 17.4. The number of amides is 2. The molecule has 0 saturated heterocycles. The highest BCUT2D eigenvalue weighted by atomic mass is 32.1. The van der Waals surface area contributed by atoms with E-state index >= 15 is 0 Å². The first-order chi connectivity index (χ1) is 10.7. The van der Waals surface area contributed by atoms with E-state index in [9.17, 15) is 14.4 Å². The number of nitrogens with zero attached hydrogens (tertiary/aromatic N) is 2. The third kappa shape index (κ3) is 2.84. The average molecular weight is 334 g/mol. The largest absolute Gasteiger partial charge is 0.468 e. The zero-order valence-electron chi connectivity index (χ0n) is 13.7. The predicted octanol–water partition coefficient (Wildman–Crippen LogP) is 2.28. The molecule has 2 amide bonds. The van der Waals surface area contributed by atoms with E-state index in [0.717, 1.165) is 15.4 Å². The Hall–Kier alpha value is -2.28. The van der Waals surface area contributed by atoms with Gasteiger partial charge in [0.1, 0.15) is 5.41 Å². The number of anilines is 1. The first-order valence-electron chi connectivity index (χ1n) is 6.98. The minimum atomic E-state index is -0.962. The summed E-state index contributed by atoms with van der Waals surface area (Å²) in [5.74, 6) is -0.849. The highest BCUT2D eigenvalue weighted by Crippen LogP contribution is 2.35. The van der Waals surface area contributed by atoms with E-state index in [4.69, 9.17) is 4.74 Å². The highest BCUT2D eigenvalue weighted by molar-refractivity contribution is 7.16. The smallest absolute Gasteiger partial charge is 0.317 e. The molecule has 0 radical (unpaired) electrons. The van der Waals surface area contributed by atoms with Gasteiger partial charge in [-0.2, -0.15) is 0 Å². The van der Waals surface area contributed by atoms with Crippen molar-refractivity contribution in [3.05, 3.63) is 33.9 Å². The van der Waals surface area contributed by atoms with Crippen molar-refractivity contribution in [3.8, 4) is 0 Å². The predicted molar refractivity (Wildman–Crippen MR) is 87.3 cm³/mol. The second-order valence-corrected chi connectivity index (χ2v) is 6.91. The Bertz CT molecular complexity index is 743. The summed E-state index contributed by atoms with van der Waals surface area (Å²) >= 11 is 1.19. The third-order valence-corrected chi connectivity index (χ3v) is 4.73. The maximum absolute atomic E-state index is 12.4. The molecule has 1 aliphatic carbocycles. The van der Waals surface area contributed by atoms with Crippen molar-refractivity contribution in [3.63, 3.8) is 0 Å². The van der Waals surface area contributed by atoms with E-state index in [1.165, 1.54) is 18.4 Å². The summed E-state index contributed by atoms with van der Waals surface area (Å²) in [6, 6.07) is 0. The Balaban J connectivity index is 2.39. The number of aromatic nitrogens is 1. The topological polar surface area (TPSA) is 76.6 Å². The number of carbonyl (C=O) groups is 3. The van der Waals surface area contributed by atoms with Crippen molar-refractivity contribution in [1.82, 2.24) is 4.98 Å². The van der Waals surface area contributed by atoms with Crippen molar-refractivity contribution < 1.29 is 19.1 Å². The lowest BCUT2D eigenvalue weighted by Gasteiger charge is -2.20. The van der Waals surface area contributed by atoms with Crippen LogP contribution in [0.2, 0.25) is 0 Å². The first kappa shape index (κ1) is 17.1. The van der Waals surface area contributed by atoms with E-state index in [1.807, 2.05) is 0 Å². The Morgan fingerprint density at radius 3 is 2.39 bits per heavy atom. The summed E-state index contributed by atoms with van der Waals surface area (Å²) in [6.07, 6.45) is 3.91. The molecule has 0 spiro atoms. The van der Waals surface area contributed by atoms with Gasteiger partial charge in [-0.3, -0.25) is 14.4 Å². The Morgan fingerprint density at radius 2 is 1.96 bits per heavy atom. The Kier molecular flexibility index (Phi) is 4.51. The van der Waals surface area contributed by atoms with Crippen LogP contribution in [-0.4, -0.2) is 30.4 Å². The Labute approximate surface area is 138 Å². The van der Waals surface area contributed by atoms with E-state index < -0.39 is 17.3 Å². The van der Waals surface area contributed by atoms with E-state index in [-0.39, 0.29) is 5.13 Å². The van der Waals surface area contributed by atoms with E-state index in [0.29, 0.717) is 17.7 Å². The van der Waals surface area contributed by atoms with Crippen LogP contribution in [0.4, 0.5) is 5.13 Å². The molecular formula is C16H18N2O4S. The van der Waals surface area contributed by atoms with Gasteiger partial charge in [0, 0.05) is 10.5 Å². The van der Waals surface area contributed by atoms with Crippen molar-refractivity contribution in [1.29, 1.82) is 0 Å². The van der Waals surface area contributed by atoms with Crippen LogP contribution in [0.1, 0.15) is 31.3 Å². The normalized spacial score (nSPS) is 13.6. The number of esters is 1. The Morgan fingerprint density at radius 1 is 1.30 bits per heavy atom. The number of carbonyl (C=O) groups excluding carboxylic acids is 3. The van der Waals surface area contributed by atoms with Crippen LogP contribution in [0.5, 0.6) is 0 Å². The van der Waals surface area contributed by atoms with E-state index in [1.54, 1.807) is 39.8 Å². The molecule has 1 heterocycles. The number of thiazole rings is 1. The van der Waals surface area contributed by atoms with Gasteiger partial charge in [-0.15, -0.1) is 11.3 Å². The van der Waals surface area contributed by atoms with Gasteiger partial charge in [-0.25, -0.2) is 9.88 Å². The number of rotatable bonds is 5. The summed E-state index contributed by atoms with van der Waals surface area (Å²) < 4.78 is 4.81. The molecule has 7 heteroatoms. The minimum absolute atomic E-state index is 0.245. The number of allylic oxidation sites excluding steroid dienone is 2. The number of aryl methyl sites for hydroxylation is 1. The molecule has 0 atom stereocenters. The van der Waals surface area contributed by atoms with Gasteiger partial charge in [0.05, 0.1) is 12.8 Å². The lowest BCUT2D eigenvalue weighted by molar-refractivity contribution is -0.146. The average Bonchev–Trinajstić information content (AvgIpc) is 2.87. The fraction of sp³-hybridized carbons (Fsp3) is 0.375. The lowest BCUT2D eigenvalue weighted by atomic mass is 9.89. The summed E-state index contributed by atoms with van der Waals surface area (Å²) in [4.78, 5) is 41.8. The monoisotopic (exact) mass is 334 g/mol. The highest BCUT2D eigenvalue weighted by Gasteiger charge is 2.36.